The van der Waals surface area contributed by atoms with Crippen LogP contribution in [0.4, 0.5) is 5.00 Å². The van der Waals surface area contributed by atoms with E-state index in [4.69, 9.17) is 21.1 Å². The van der Waals surface area contributed by atoms with Gasteiger partial charge < -0.3 is 14.8 Å². The number of aryl methyl sites for hydroxylation is 2. The lowest BCUT2D eigenvalue weighted by Crippen LogP contribution is -2.21. The summed E-state index contributed by atoms with van der Waals surface area (Å²) in [5.41, 5.74) is 4.20. The first-order valence-electron chi connectivity index (χ1n) is 9.43. The van der Waals surface area contributed by atoms with E-state index < -0.39 is 5.97 Å². The fourth-order valence-corrected chi connectivity index (χ4v) is 4.10. The predicted molar refractivity (Wildman–Crippen MR) is 121 cm³/mol. The molecule has 0 atom stereocenters. The van der Waals surface area contributed by atoms with Gasteiger partial charge in [0.2, 0.25) is 0 Å². The molecule has 0 aliphatic rings. The van der Waals surface area contributed by atoms with E-state index in [1.165, 1.54) is 11.3 Å². The molecule has 0 bridgehead atoms. The molecule has 0 aliphatic heterocycles. The molecule has 0 fully saturated rings. The van der Waals surface area contributed by atoms with Crippen LogP contribution in [0.3, 0.4) is 0 Å². The smallest absolute Gasteiger partial charge is 0.341 e. The number of nitrogens with one attached hydrogen (secondary N) is 1. The number of carbonyl (C=O) groups is 2. The summed E-state index contributed by atoms with van der Waals surface area (Å²) in [6.45, 7) is 5.81. The summed E-state index contributed by atoms with van der Waals surface area (Å²) in [4.78, 5) is 25.1. The molecule has 0 unspecified atom stereocenters. The average molecular weight is 444 g/mol. The second-order valence-electron chi connectivity index (χ2n) is 6.68. The Labute approximate surface area is 184 Å². The average Bonchev–Trinajstić information content (AvgIpc) is 3.11. The monoisotopic (exact) mass is 443 g/mol. The van der Waals surface area contributed by atoms with Gasteiger partial charge in [-0.05, 0) is 56.2 Å². The minimum Gasteiger partial charge on any atom is -0.484 e. The molecule has 30 heavy (non-hydrogen) atoms. The number of amides is 1. The van der Waals surface area contributed by atoms with Crippen molar-refractivity contribution in [2.75, 3.05) is 18.5 Å². The number of hydrogen-bond acceptors (Lipinski definition) is 5. The van der Waals surface area contributed by atoms with Gasteiger partial charge in [0.25, 0.3) is 5.91 Å². The maximum Gasteiger partial charge on any atom is 0.341 e. The number of thiophene rings is 1. The van der Waals surface area contributed by atoms with Crippen LogP contribution < -0.4 is 10.1 Å². The fraction of sp³-hybridized carbons (Fsp3) is 0.217. The van der Waals surface area contributed by atoms with Gasteiger partial charge in [0.15, 0.2) is 6.61 Å². The molecule has 0 radical (unpaired) electrons. The molecule has 156 valence electrons. The van der Waals surface area contributed by atoms with Crippen LogP contribution in [0.25, 0.3) is 11.1 Å². The van der Waals surface area contributed by atoms with Gasteiger partial charge >= 0.3 is 5.97 Å². The van der Waals surface area contributed by atoms with Crippen LogP contribution in [0.2, 0.25) is 5.02 Å². The number of benzene rings is 2. The molecule has 3 aromatic rings. The number of anilines is 1. The lowest BCUT2D eigenvalue weighted by molar-refractivity contribution is -0.118. The van der Waals surface area contributed by atoms with Crippen LogP contribution >= 0.6 is 22.9 Å². The molecule has 1 amide bonds. The highest BCUT2D eigenvalue weighted by atomic mass is 35.5. The van der Waals surface area contributed by atoms with Crippen molar-refractivity contribution in [1.29, 1.82) is 0 Å². The van der Waals surface area contributed by atoms with Gasteiger partial charge in [-0.15, -0.1) is 11.3 Å². The van der Waals surface area contributed by atoms with Gasteiger partial charge in [0.1, 0.15) is 16.3 Å². The molecule has 2 aromatic carbocycles. The predicted octanol–water partition coefficient (Wildman–Crippen LogP) is 5.88. The first-order chi connectivity index (χ1) is 14.4. The Hall–Kier alpha value is -2.83. The highest BCUT2D eigenvalue weighted by molar-refractivity contribution is 7.15. The summed E-state index contributed by atoms with van der Waals surface area (Å²) in [7, 11) is 0. The third kappa shape index (κ3) is 5.20. The van der Waals surface area contributed by atoms with Crippen molar-refractivity contribution in [2.24, 2.45) is 0 Å². The van der Waals surface area contributed by atoms with Crippen molar-refractivity contribution in [1.82, 2.24) is 0 Å². The van der Waals surface area contributed by atoms with Gasteiger partial charge in [-0.2, -0.15) is 0 Å². The van der Waals surface area contributed by atoms with E-state index in [2.05, 4.69) is 11.4 Å². The largest absolute Gasteiger partial charge is 0.484 e. The highest BCUT2D eigenvalue weighted by Crippen LogP contribution is 2.37. The summed E-state index contributed by atoms with van der Waals surface area (Å²) >= 11 is 7.13. The van der Waals surface area contributed by atoms with Crippen LogP contribution in [0.15, 0.2) is 47.8 Å². The number of carbonyl (C=O) groups excluding carboxylic acids is 2. The Morgan fingerprint density at radius 1 is 1.07 bits per heavy atom. The van der Waals surface area contributed by atoms with Crippen LogP contribution in [0.1, 0.15) is 28.4 Å². The van der Waals surface area contributed by atoms with Gasteiger partial charge in [0.05, 0.1) is 6.61 Å². The fourth-order valence-electron chi connectivity index (χ4n) is 3.01. The second-order valence-corrected chi connectivity index (χ2v) is 8.00. The molecule has 1 heterocycles. The van der Waals surface area contributed by atoms with E-state index >= 15 is 0 Å². The lowest BCUT2D eigenvalue weighted by atomic mass is 9.97. The van der Waals surface area contributed by atoms with Crippen LogP contribution in [0, 0.1) is 13.8 Å². The highest BCUT2D eigenvalue weighted by Gasteiger charge is 2.23. The molecule has 0 spiro atoms. The number of halogens is 1. The van der Waals surface area contributed by atoms with Gasteiger partial charge in [-0.1, -0.05) is 35.4 Å². The molecule has 0 aliphatic carbocycles. The van der Waals surface area contributed by atoms with Gasteiger partial charge in [-0.3, -0.25) is 4.79 Å². The summed E-state index contributed by atoms with van der Waals surface area (Å²) in [6.07, 6.45) is 0. The number of esters is 1. The Balaban J connectivity index is 1.83. The quantitative estimate of drug-likeness (QED) is 0.463. The zero-order chi connectivity index (χ0) is 21.7. The van der Waals surface area contributed by atoms with Gasteiger partial charge in [0, 0.05) is 16.0 Å². The Bertz CT molecular complexity index is 1060. The standard InChI is InChI=1S/C23H22ClNO4S/c1-4-28-23(27)21-19(18-10-5-14(2)11-15(18)3)13-30-22(21)25-20(26)12-29-17-8-6-16(24)7-9-17/h5-11,13H,4,12H2,1-3H3,(H,25,26). The lowest BCUT2D eigenvalue weighted by Gasteiger charge is -2.11. The van der Waals surface area contributed by atoms with Crippen molar-refractivity contribution < 1.29 is 19.1 Å². The molecule has 0 saturated heterocycles. The van der Waals surface area contributed by atoms with E-state index in [0.717, 1.165) is 22.3 Å². The van der Waals surface area contributed by atoms with E-state index in [0.29, 0.717) is 21.3 Å². The summed E-state index contributed by atoms with van der Waals surface area (Å²) in [6, 6.07) is 12.8. The summed E-state index contributed by atoms with van der Waals surface area (Å²) in [5.74, 6) is -0.311. The molecule has 1 aromatic heterocycles. The molecule has 0 saturated carbocycles. The van der Waals surface area contributed by atoms with E-state index in [1.54, 1.807) is 31.2 Å². The van der Waals surface area contributed by atoms with E-state index in [9.17, 15) is 9.59 Å². The Kier molecular flexibility index (Phi) is 7.13. The number of hydrogen-bond donors (Lipinski definition) is 1. The number of rotatable bonds is 7. The third-order valence-corrected chi connectivity index (χ3v) is 5.53. The maximum atomic E-state index is 12.7. The molecule has 1 N–H and O–H groups in total. The van der Waals surface area contributed by atoms with Crippen molar-refractivity contribution >= 4 is 39.8 Å². The van der Waals surface area contributed by atoms with Crippen molar-refractivity contribution in [3.8, 4) is 16.9 Å². The topological polar surface area (TPSA) is 64.6 Å². The molecule has 5 nitrogen and oxygen atoms in total. The van der Waals surface area contributed by atoms with Crippen LogP contribution in [-0.4, -0.2) is 25.1 Å². The minimum atomic E-state index is -0.470. The molecular weight excluding hydrogens is 422 g/mol. The first kappa shape index (κ1) is 21.9. The Morgan fingerprint density at radius 2 is 1.80 bits per heavy atom. The van der Waals surface area contributed by atoms with Gasteiger partial charge in [-0.25, -0.2) is 4.79 Å². The molecular formula is C23H22ClNO4S. The SMILES string of the molecule is CCOC(=O)c1c(-c2ccc(C)cc2C)csc1NC(=O)COc1ccc(Cl)cc1. The zero-order valence-corrected chi connectivity index (χ0v) is 18.5. The Morgan fingerprint density at radius 3 is 2.47 bits per heavy atom. The van der Waals surface area contributed by atoms with Crippen LogP contribution in [0.5, 0.6) is 5.75 Å². The summed E-state index contributed by atoms with van der Waals surface area (Å²) < 4.78 is 10.7. The third-order valence-electron chi connectivity index (χ3n) is 4.38. The van der Waals surface area contributed by atoms with Crippen molar-refractivity contribution in [3.05, 3.63) is 69.6 Å². The normalized spacial score (nSPS) is 10.5. The second kappa shape index (κ2) is 9.78. The van der Waals surface area contributed by atoms with Crippen LogP contribution in [-0.2, 0) is 9.53 Å². The van der Waals surface area contributed by atoms with Crippen molar-refractivity contribution in [2.45, 2.75) is 20.8 Å². The first-order valence-corrected chi connectivity index (χ1v) is 10.7. The molecule has 7 heteroatoms. The van der Waals surface area contributed by atoms with E-state index in [-0.39, 0.29) is 19.1 Å². The minimum absolute atomic E-state index is 0.194. The molecule has 3 rings (SSSR count). The number of ether oxygens (including phenoxy) is 2. The van der Waals surface area contributed by atoms with Crippen molar-refractivity contribution in [3.63, 3.8) is 0 Å². The summed E-state index contributed by atoms with van der Waals surface area (Å²) in [5, 5.41) is 5.67. The zero-order valence-electron chi connectivity index (χ0n) is 17.0. The van der Waals surface area contributed by atoms with E-state index in [1.807, 2.05) is 31.4 Å². The maximum absolute atomic E-state index is 12.7.